The Morgan fingerprint density at radius 2 is 1.84 bits per heavy atom. The Hall–Kier alpha value is -1.60. The van der Waals surface area contributed by atoms with Crippen molar-refractivity contribution in [3.8, 4) is 11.1 Å². The van der Waals surface area contributed by atoms with E-state index in [9.17, 15) is 4.79 Å². The average Bonchev–Trinajstić information content (AvgIpc) is 2.42. The van der Waals surface area contributed by atoms with E-state index in [0.717, 1.165) is 32.8 Å². The molecule has 0 N–H and O–H groups in total. The minimum Gasteiger partial charge on any atom is -0.294 e. The van der Waals surface area contributed by atoms with Crippen molar-refractivity contribution < 1.29 is 4.79 Å². The molecule has 0 aliphatic heterocycles. The number of hydrogen-bond donors (Lipinski definition) is 0. The zero-order chi connectivity index (χ0) is 14.0. The van der Waals surface area contributed by atoms with Crippen LogP contribution in [0.3, 0.4) is 0 Å². The molecule has 0 aromatic heterocycles. The third kappa shape index (κ3) is 2.87. The fraction of sp³-hybridized carbons (Fsp3) is 0.235. The highest BCUT2D eigenvalue weighted by Gasteiger charge is 2.08. The Bertz CT molecular complexity index is 629. The molecule has 1 nitrogen and oxygen atoms in total. The lowest BCUT2D eigenvalue weighted by Crippen LogP contribution is -1.96. The van der Waals surface area contributed by atoms with Gasteiger partial charge in [0.2, 0.25) is 0 Å². The second-order valence-corrected chi connectivity index (χ2v) is 5.18. The van der Waals surface area contributed by atoms with Gasteiger partial charge in [0, 0.05) is 17.0 Å². The van der Waals surface area contributed by atoms with Gasteiger partial charge in [-0.15, -0.1) is 0 Å². The third-order valence-electron chi connectivity index (χ3n) is 3.32. The number of aryl methyl sites for hydroxylation is 2. The minimum atomic E-state index is 0.171. The molecule has 0 unspecified atom stereocenters. The number of benzene rings is 2. The number of halogens is 1. The summed E-state index contributed by atoms with van der Waals surface area (Å²) in [6.45, 7) is 5.91. The smallest absolute Gasteiger partial charge is 0.162 e. The van der Waals surface area contributed by atoms with Crippen molar-refractivity contribution in [1.82, 2.24) is 0 Å². The summed E-state index contributed by atoms with van der Waals surface area (Å²) in [6, 6.07) is 11.8. The molecule has 2 rings (SSSR count). The van der Waals surface area contributed by atoms with E-state index in [4.69, 9.17) is 11.6 Å². The predicted molar refractivity (Wildman–Crippen MR) is 81.0 cm³/mol. The lowest BCUT2D eigenvalue weighted by Gasteiger charge is -2.10. The van der Waals surface area contributed by atoms with Gasteiger partial charge in [0.1, 0.15) is 0 Å². The lowest BCUT2D eigenvalue weighted by molar-refractivity contribution is 0.0988. The predicted octanol–water partition coefficient (Wildman–Crippen LogP) is 5.22. The van der Waals surface area contributed by atoms with Crippen molar-refractivity contribution in [2.24, 2.45) is 0 Å². The maximum absolute atomic E-state index is 11.8. The zero-order valence-corrected chi connectivity index (χ0v) is 12.2. The first kappa shape index (κ1) is 13.8. The molecule has 2 aromatic carbocycles. The molecule has 98 valence electrons. The van der Waals surface area contributed by atoms with Gasteiger partial charge in [0.25, 0.3) is 0 Å². The lowest BCUT2D eigenvalue weighted by atomic mass is 9.96. The van der Waals surface area contributed by atoms with Crippen LogP contribution in [0, 0.1) is 13.8 Å². The second-order valence-electron chi connectivity index (χ2n) is 4.77. The molecule has 0 aliphatic rings. The highest BCUT2D eigenvalue weighted by molar-refractivity contribution is 6.31. The van der Waals surface area contributed by atoms with E-state index in [1.165, 1.54) is 0 Å². The zero-order valence-electron chi connectivity index (χ0n) is 11.5. The van der Waals surface area contributed by atoms with Gasteiger partial charge in [-0.05, 0) is 54.3 Å². The van der Waals surface area contributed by atoms with Gasteiger partial charge in [0.05, 0.1) is 0 Å². The molecule has 0 spiro atoms. The Kier molecular flexibility index (Phi) is 4.06. The molecule has 2 heteroatoms. The van der Waals surface area contributed by atoms with E-state index in [-0.39, 0.29) is 5.78 Å². The van der Waals surface area contributed by atoms with E-state index in [1.54, 1.807) is 0 Å². The molecule has 0 amide bonds. The quantitative estimate of drug-likeness (QED) is 0.701. The molecular weight excluding hydrogens is 256 g/mol. The summed E-state index contributed by atoms with van der Waals surface area (Å²) < 4.78 is 0. The summed E-state index contributed by atoms with van der Waals surface area (Å²) in [6.07, 6.45) is 0.530. The Morgan fingerprint density at radius 1 is 1.11 bits per heavy atom. The SMILES string of the molecule is CCC(=O)c1cccc(-c2cc(C)c(Cl)cc2C)c1. The van der Waals surface area contributed by atoms with Crippen LogP contribution in [0.5, 0.6) is 0 Å². The summed E-state index contributed by atoms with van der Waals surface area (Å²) >= 11 is 6.12. The van der Waals surface area contributed by atoms with Crippen LogP contribution in [0.4, 0.5) is 0 Å². The summed E-state index contributed by atoms with van der Waals surface area (Å²) in [5.74, 6) is 0.171. The van der Waals surface area contributed by atoms with Crippen molar-refractivity contribution in [3.05, 3.63) is 58.1 Å². The molecule has 0 atom stereocenters. The van der Waals surface area contributed by atoms with Gasteiger partial charge in [-0.2, -0.15) is 0 Å². The van der Waals surface area contributed by atoms with Crippen LogP contribution >= 0.6 is 11.6 Å². The Morgan fingerprint density at radius 3 is 2.53 bits per heavy atom. The van der Waals surface area contributed by atoms with Gasteiger partial charge in [-0.3, -0.25) is 4.79 Å². The van der Waals surface area contributed by atoms with Crippen LogP contribution in [0.15, 0.2) is 36.4 Å². The molecule has 0 saturated carbocycles. The van der Waals surface area contributed by atoms with Crippen LogP contribution in [-0.2, 0) is 0 Å². The van der Waals surface area contributed by atoms with Gasteiger partial charge in [0.15, 0.2) is 5.78 Å². The standard InChI is InChI=1S/C17H17ClO/c1-4-17(19)14-7-5-6-13(10-14)15-8-12(3)16(18)9-11(15)2/h5-10H,4H2,1-3H3. The number of carbonyl (C=O) groups excluding carboxylic acids is 1. The molecule has 0 radical (unpaired) electrons. The highest BCUT2D eigenvalue weighted by atomic mass is 35.5. The summed E-state index contributed by atoms with van der Waals surface area (Å²) in [5, 5.41) is 0.780. The van der Waals surface area contributed by atoms with E-state index in [1.807, 2.05) is 51.1 Å². The fourth-order valence-electron chi connectivity index (χ4n) is 2.16. The summed E-state index contributed by atoms with van der Waals surface area (Å²) in [5.41, 5.74) is 5.14. The molecule has 19 heavy (non-hydrogen) atoms. The molecule has 0 heterocycles. The maximum atomic E-state index is 11.8. The maximum Gasteiger partial charge on any atom is 0.162 e. The van der Waals surface area contributed by atoms with Crippen molar-refractivity contribution >= 4 is 17.4 Å². The van der Waals surface area contributed by atoms with Crippen LogP contribution in [0.2, 0.25) is 5.02 Å². The third-order valence-corrected chi connectivity index (χ3v) is 3.73. The minimum absolute atomic E-state index is 0.171. The summed E-state index contributed by atoms with van der Waals surface area (Å²) in [4.78, 5) is 11.8. The van der Waals surface area contributed by atoms with Gasteiger partial charge in [-0.25, -0.2) is 0 Å². The van der Waals surface area contributed by atoms with Crippen LogP contribution in [-0.4, -0.2) is 5.78 Å². The van der Waals surface area contributed by atoms with Crippen molar-refractivity contribution in [3.63, 3.8) is 0 Å². The molecule has 0 aliphatic carbocycles. The molecule has 0 saturated heterocycles. The fourth-order valence-corrected chi connectivity index (χ4v) is 2.37. The van der Waals surface area contributed by atoms with Gasteiger partial charge < -0.3 is 0 Å². The number of ketones is 1. The number of carbonyl (C=O) groups is 1. The van der Waals surface area contributed by atoms with Crippen LogP contribution < -0.4 is 0 Å². The van der Waals surface area contributed by atoms with Crippen LogP contribution in [0.25, 0.3) is 11.1 Å². The first-order chi connectivity index (χ1) is 9.02. The monoisotopic (exact) mass is 272 g/mol. The van der Waals surface area contributed by atoms with Crippen LogP contribution in [0.1, 0.15) is 34.8 Å². The van der Waals surface area contributed by atoms with E-state index in [2.05, 4.69) is 6.07 Å². The number of rotatable bonds is 3. The van der Waals surface area contributed by atoms with E-state index < -0.39 is 0 Å². The number of hydrogen-bond acceptors (Lipinski definition) is 1. The van der Waals surface area contributed by atoms with Gasteiger partial charge in [-0.1, -0.05) is 36.7 Å². The topological polar surface area (TPSA) is 17.1 Å². The first-order valence-electron chi connectivity index (χ1n) is 6.43. The van der Waals surface area contributed by atoms with Gasteiger partial charge >= 0.3 is 0 Å². The molecule has 0 fully saturated rings. The van der Waals surface area contributed by atoms with E-state index in [0.29, 0.717) is 6.42 Å². The average molecular weight is 273 g/mol. The highest BCUT2D eigenvalue weighted by Crippen LogP contribution is 2.29. The second kappa shape index (κ2) is 5.58. The van der Waals surface area contributed by atoms with Crippen molar-refractivity contribution in [2.45, 2.75) is 27.2 Å². The van der Waals surface area contributed by atoms with E-state index >= 15 is 0 Å². The van der Waals surface area contributed by atoms with Crippen molar-refractivity contribution in [2.75, 3.05) is 0 Å². The largest absolute Gasteiger partial charge is 0.294 e. The summed E-state index contributed by atoms with van der Waals surface area (Å²) in [7, 11) is 0. The molecular formula is C17H17ClO. The van der Waals surface area contributed by atoms with Crippen molar-refractivity contribution in [1.29, 1.82) is 0 Å². The molecule has 0 bridgehead atoms. The molecule has 2 aromatic rings. The first-order valence-corrected chi connectivity index (χ1v) is 6.81. The Balaban J connectivity index is 2.53. The number of Topliss-reactive ketones (excluding diaryl/α,β-unsaturated/α-hetero) is 1. The normalized spacial score (nSPS) is 10.5. The Labute approximate surface area is 119 Å².